The first-order valence-electron chi connectivity index (χ1n) is 11.3. The summed E-state index contributed by atoms with van der Waals surface area (Å²) in [5.74, 6) is -0.665. The maximum absolute atomic E-state index is 13.5. The number of amides is 1. The summed E-state index contributed by atoms with van der Waals surface area (Å²) in [5.41, 5.74) is -0.370. The summed E-state index contributed by atoms with van der Waals surface area (Å²) in [6.07, 6.45) is -7.53. The summed E-state index contributed by atoms with van der Waals surface area (Å²) < 4.78 is 80.6. The number of aliphatic hydroxyl groups excluding tert-OH is 1. The highest BCUT2D eigenvalue weighted by Crippen LogP contribution is 2.43. The molecular formula is C21H22F6N8O2S. The van der Waals surface area contributed by atoms with Gasteiger partial charge in [-0.05, 0) is 6.92 Å². The smallest absolute Gasteiger partial charge is 0.394 e. The van der Waals surface area contributed by atoms with Gasteiger partial charge in [-0.3, -0.25) is 4.79 Å². The predicted octanol–water partition coefficient (Wildman–Crippen LogP) is 2.81. The highest BCUT2D eigenvalue weighted by molar-refractivity contribution is 7.16. The van der Waals surface area contributed by atoms with Crippen LogP contribution >= 0.6 is 11.3 Å². The van der Waals surface area contributed by atoms with E-state index in [1.54, 1.807) is 6.92 Å². The molecule has 0 bridgehead atoms. The predicted molar refractivity (Wildman–Crippen MR) is 122 cm³/mol. The van der Waals surface area contributed by atoms with Gasteiger partial charge in [0.1, 0.15) is 28.9 Å². The number of nitrogens with zero attached hydrogens (tertiary/aromatic N) is 8. The molecule has 1 atom stereocenters. The summed E-state index contributed by atoms with van der Waals surface area (Å²) in [6, 6.07) is -0.765. The van der Waals surface area contributed by atoms with Crippen LogP contribution in [-0.4, -0.2) is 77.9 Å². The van der Waals surface area contributed by atoms with Gasteiger partial charge in [-0.15, -0.1) is 0 Å². The van der Waals surface area contributed by atoms with Gasteiger partial charge in [0, 0.05) is 44.0 Å². The number of aliphatic hydroxyl groups is 1. The van der Waals surface area contributed by atoms with Gasteiger partial charge in [-0.1, -0.05) is 18.3 Å². The molecular weight excluding hydrogens is 542 g/mol. The van der Waals surface area contributed by atoms with Crippen molar-refractivity contribution in [3.63, 3.8) is 0 Å². The van der Waals surface area contributed by atoms with Gasteiger partial charge >= 0.3 is 12.4 Å². The summed E-state index contributed by atoms with van der Waals surface area (Å²) in [5, 5.41) is 13.0. The molecule has 10 nitrogen and oxygen atoms in total. The highest BCUT2D eigenvalue weighted by atomic mass is 32.1. The second kappa shape index (κ2) is 10.4. The molecule has 38 heavy (non-hydrogen) atoms. The van der Waals surface area contributed by atoms with Crippen molar-refractivity contribution in [1.29, 1.82) is 0 Å². The second-order valence-electron chi connectivity index (χ2n) is 8.42. The van der Waals surface area contributed by atoms with Crippen molar-refractivity contribution < 1.29 is 36.2 Å². The summed E-state index contributed by atoms with van der Waals surface area (Å²) in [4.78, 5) is 30.3. The molecule has 4 rings (SSSR count). The second-order valence-corrected chi connectivity index (χ2v) is 9.40. The van der Waals surface area contributed by atoms with Crippen molar-refractivity contribution in [2.24, 2.45) is 0 Å². The average molecular weight is 565 g/mol. The molecule has 17 heteroatoms. The number of hydrogen-bond acceptors (Lipinski definition) is 9. The monoisotopic (exact) mass is 564 g/mol. The molecule has 1 aliphatic heterocycles. The number of piperazine rings is 1. The van der Waals surface area contributed by atoms with E-state index < -0.39 is 35.8 Å². The normalized spacial score (nSPS) is 16.8. The number of carbonyl (C=O) groups excluding carboxylic acids is 1. The number of anilines is 1. The largest absolute Gasteiger partial charge is 0.451 e. The fourth-order valence-corrected chi connectivity index (χ4v) is 5.05. The zero-order valence-corrected chi connectivity index (χ0v) is 20.9. The molecule has 1 saturated heterocycles. The van der Waals surface area contributed by atoms with Crippen LogP contribution in [0.5, 0.6) is 0 Å². The minimum Gasteiger partial charge on any atom is -0.394 e. The molecule has 1 aliphatic rings. The maximum atomic E-state index is 13.5. The molecule has 1 fully saturated rings. The first-order valence-corrected chi connectivity index (χ1v) is 12.2. The Morgan fingerprint density at radius 3 is 2.37 bits per heavy atom. The third-order valence-electron chi connectivity index (χ3n) is 5.79. The number of aryl methyl sites for hydroxylation is 2. The Balaban J connectivity index is 1.60. The van der Waals surface area contributed by atoms with E-state index in [2.05, 4.69) is 25.0 Å². The van der Waals surface area contributed by atoms with Gasteiger partial charge in [0.05, 0.1) is 12.6 Å². The Kier molecular flexibility index (Phi) is 7.60. The first-order chi connectivity index (χ1) is 17.8. The van der Waals surface area contributed by atoms with E-state index >= 15 is 0 Å². The third kappa shape index (κ3) is 5.72. The Bertz CT molecular complexity index is 1290. The minimum absolute atomic E-state index is 0.0198. The minimum atomic E-state index is -4.82. The van der Waals surface area contributed by atoms with Crippen molar-refractivity contribution in [2.75, 3.05) is 31.1 Å². The van der Waals surface area contributed by atoms with E-state index in [0.29, 0.717) is 29.4 Å². The average Bonchev–Trinajstić information content (AvgIpc) is 3.46. The van der Waals surface area contributed by atoms with Crippen molar-refractivity contribution in [1.82, 2.24) is 34.6 Å². The number of alkyl halides is 6. The molecule has 206 valence electrons. The Labute approximate surface area is 216 Å². The van der Waals surface area contributed by atoms with E-state index in [4.69, 9.17) is 0 Å². The molecule has 3 aromatic rings. The number of thiazole rings is 1. The standard InChI is InChI=1S/C21H22F6N8O2S/c1-3-14-30-11(2)32-35(14)9-15(37)34-5-4-33(8-13(34)10-36)17-16(31-19(38-17)21(25,26)27)12-6-28-18(29-7-12)20(22,23)24/h6-7,13,36H,3-5,8-10H2,1-2H3/t13-/m1/s1. The Hall–Kier alpha value is -3.34. The van der Waals surface area contributed by atoms with Crippen molar-refractivity contribution in [2.45, 2.75) is 45.2 Å². The van der Waals surface area contributed by atoms with Crippen LogP contribution in [0.4, 0.5) is 31.3 Å². The van der Waals surface area contributed by atoms with E-state index in [1.165, 1.54) is 14.5 Å². The van der Waals surface area contributed by atoms with Crippen LogP contribution in [0, 0.1) is 6.92 Å². The van der Waals surface area contributed by atoms with Crippen LogP contribution in [0.1, 0.15) is 29.4 Å². The number of rotatable bonds is 6. The van der Waals surface area contributed by atoms with Crippen LogP contribution in [0.15, 0.2) is 12.4 Å². The van der Waals surface area contributed by atoms with Crippen molar-refractivity contribution in [3.8, 4) is 11.3 Å². The van der Waals surface area contributed by atoms with Gasteiger partial charge in [0.15, 0.2) is 0 Å². The molecule has 4 heterocycles. The molecule has 0 saturated carbocycles. The molecule has 0 radical (unpaired) electrons. The van der Waals surface area contributed by atoms with Crippen LogP contribution in [0.25, 0.3) is 11.3 Å². The zero-order valence-electron chi connectivity index (χ0n) is 20.1. The van der Waals surface area contributed by atoms with Gasteiger partial charge in [0.25, 0.3) is 0 Å². The van der Waals surface area contributed by atoms with Crippen LogP contribution < -0.4 is 4.90 Å². The third-order valence-corrected chi connectivity index (χ3v) is 6.95. The molecule has 3 aromatic heterocycles. The molecule has 0 unspecified atom stereocenters. The molecule has 1 amide bonds. The van der Waals surface area contributed by atoms with Crippen molar-refractivity contribution in [3.05, 3.63) is 34.9 Å². The lowest BCUT2D eigenvalue weighted by Gasteiger charge is -2.41. The fourth-order valence-electron chi connectivity index (χ4n) is 4.06. The van der Waals surface area contributed by atoms with Crippen molar-refractivity contribution >= 4 is 22.2 Å². The van der Waals surface area contributed by atoms with Gasteiger partial charge in [-0.25, -0.2) is 24.6 Å². The number of hydrogen-bond donors (Lipinski definition) is 1. The maximum Gasteiger partial charge on any atom is 0.451 e. The quantitative estimate of drug-likeness (QED) is 0.455. The number of aromatic nitrogens is 6. The topological polar surface area (TPSA) is 113 Å². The highest BCUT2D eigenvalue weighted by Gasteiger charge is 2.40. The molecule has 1 N–H and O–H groups in total. The summed E-state index contributed by atoms with van der Waals surface area (Å²) in [7, 11) is 0. The van der Waals surface area contributed by atoms with E-state index in [-0.39, 0.29) is 48.3 Å². The van der Waals surface area contributed by atoms with Gasteiger partial charge < -0.3 is 14.9 Å². The Morgan fingerprint density at radius 1 is 1.11 bits per heavy atom. The van der Waals surface area contributed by atoms with Crippen LogP contribution in [0.2, 0.25) is 0 Å². The Morgan fingerprint density at radius 2 is 1.79 bits per heavy atom. The van der Waals surface area contributed by atoms with E-state index in [9.17, 15) is 36.2 Å². The molecule has 0 aromatic carbocycles. The number of halogens is 6. The molecule has 0 aliphatic carbocycles. The first kappa shape index (κ1) is 27.7. The van der Waals surface area contributed by atoms with Crippen LogP contribution in [-0.2, 0) is 30.1 Å². The zero-order chi connectivity index (χ0) is 27.8. The lowest BCUT2D eigenvalue weighted by Crippen LogP contribution is -2.57. The van der Waals surface area contributed by atoms with Gasteiger partial charge in [0.2, 0.25) is 16.7 Å². The SMILES string of the molecule is CCc1nc(C)nn1CC(=O)N1CCN(c2sc(C(F)(F)F)nc2-c2cnc(C(F)(F)F)nc2)C[C@@H]1CO. The molecule has 0 spiro atoms. The van der Waals surface area contributed by atoms with Crippen LogP contribution in [0.3, 0.4) is 0 Å². The van der Waals surface area contributed by atoms with Gasteiger partial charge in [-0.2, -0.15) is 31.4 Å². The lowest BCUT2D eigenvalue weighted by molar-refractivity contribution is -0.145. The van der Waals surface area contributed by atoms with E-state index in [1.807, 2.05) is 6.92 Å². The number of carbonyl (C=O) groups is 1. The fraction of sp³-hybridized carbons (Fsp3) is 0.524. The summed E-state index contributed by atoms with van der Waals surface area (Å²) >= 11 is 0.315. The summed E-state index contributed by atoms with van der Waals surface area (Å²) in [6.45, 7) is 3.10. The lowest BCUT2D eigenvalue weighted by atomic mass is 10.1. The van der Waals surface area contributed by atoms with E-state index in [0.717, 1.165) is 12.4 Å².